The fourth-order valence-electron chi connectivity index (χ4n) is 2.36. The van der Waals surface area contributed by atoms with Gasteiger partial charge in [0, 0.05) is 25.0 Å². The van der Waals surface area contributed by atoms with Crippen LogP contribution in [0.2, 0.25) is 0 Å². The van der Waals surface area contributed by atoms with Gasteiger partial charge in [-0.05, 0) is 46.5 Å². The van der Waals surface area contributed by atoms with Gasteiger partial charge >= 0.3 is 5.97 Å². The molecule has 0 spiro atoms. The highest BCUT2D eigenvalue weighted by molar-refractivity contribution is 6.18. The van der Waals surface area contributed by atoms with Gasteiger partial charge in [0.05, 0.1) is 25.2 Å². The summed E-state index contributed by atoms with van der Waals surface area (Å²) in [4.78, 5) is 11.3. The van der Waals surface area contributed by atoms with Crippen molar-refractivity contribution < 1.29 is 28.5 Å². The van der Waals surface area contributed by atoms with Crippen molar-refractivity contribution in [2.75, 3.05) is 31.6 Å². The summed E-state index contributed by atoms with van der Waals surface area (Å²) in [6.07, 6.45) is 3.62. The molecule has 1 aliphatic heterocycles. The number of halogens is 2. The predicted molar refractivity (Wildman–Crippen MR) is 107 cm³/mol. The first kappa shape index (κ1) is 26.9. The highest BCUT2D eigenvalue weighted by Gasteiger charge is 2.21. The van der Waals surface area contributed by atoms with Crippen molar-refractivity contribution in [1.82, 2.24) is 0 Å². The third kappa shape index (κ3) is 14.5. The SMILES string of the molecule is CCOC(=O)C[C@@H](CCl)OC1CCCCO1.CCOC(C)O[C@@H](CC)CCl. The number of carbonyl (C=O) groups excluding carboxylic acids is 1. The number of carbonyl (C=O) groups is 1. The van der Waals surface area contributed by atoms with Crippen LogP contribution in [-0.2, 0) is 28.5 Å². The lowest BCUT2D eigenvalue weighted by Crippen LogP contribution is -2.30. The van der Waals surface area contributed by atoms with E-state index in [9.17, 15) is 4.79 Å². The number of rotatable bonds is 12. The highest BCUT2D eigenvalue weighted by atomic mass is 35.5. The highest BCUT2D eigenvalue weighted by Crippen LogP contribution is 2.17. The molecular formula is C19H36Cl2O6. The molecule has 8 heteroatoms. The van der Waals surface area contributed by atoms with Crippen molar-refractivity contribution in [2.24, 2.45) is 0 Å². The number of esters is 1. The van der Waals surface area contributed by atoms with Crippen LogP contribution in [0.15, 0.2) is 0 Å². The van der Waals surface area contributed by atoms with Crippen molar-refractivity contribution in [3.8, 4) is 0 Å². The van der Waals surface area contributed by atoms with Crippen molar-refractivity contribution >= 4 is 29.2 Å². The summed E-state index contributed by atoms with van der Waals surface area (Å²) in [5, 5.41) is 0. The summed E-state index contributed by atoms with van der Waals surface area (Å²) in [5.74, 6) is 0.538. The van der Waals surface area contributed by atoms with Gasteiger partial charge in [-0.3, -0.25) is 4.79 Å². The molecule has 0 bridgehead atoms. The Morgan fingerprint density at radius 3 is 2.30 bits per heavy atom. The molecule has 0 N–H and O–H groups in total. The van der Waals surface area contributed by atoms with Crippen molar-refractivity contribution in [2.45, 2.75) is 84.6 Å². The van der Waals surface area contributed by atoms with Gasteiger partial charge in [0.1, 0.15) is 0 Å². The second-order valence-corrected chi connectivity index (χ2v) is 6.68. The molecule has 0 aliphatic carbocycles. The summed E-state index contributed by atoms with van der Waals surface area (Å²) in [7, 11) is 0. The zero-order chi connectivity index (χ0) is 20.5. The quantitative estimate of drug-likeness (QED) is 0.258. The van der Waals surface area contributed by atoms with Crippen LogP contribution in [0.3, 0.4) is 0 Å². The van der Waals surface area contributed by atoms with Crippen LogP contribution in [0.1, 0.15) is 59.8 Å². The van der Waals surface area contributed by atoms with Crippen molar-refractivity contribution in [1.29, 1.82) is 0 Å². The van der Waals surface area contributed by atoms with E-state index in [-0.39, 0.29) is 43.1 Å². The second kappa shape index (κ2) is 18.0. The fourth-order valence-corrected chi connectivity index (χ4v) is 2.84. The maximum atomic E-state index is 11.3. The van der Waals surface area contributed by atoms with Gasteiger partial charge in [-0.1, -0.05) is 6.92 Å². The minimum Gasteiger partial charge on any atom is -0.466 e. The number of hydrogen-bond donors (Lipinski definition) is 0. The molecule has 1 saturated heterocycles. The molecule has 0 aromatic carbocycles. The molecule has 0 amide bonds. The van der Waals surface area contributed by atoms with Crippen LogP contribution >= 0.6 is 23.2 Å². The lowest BCUT2D eigenvalue weighted by Gasteiger charge is -2.26. The molecular weight excluding hydrogens is 395 g/mol. The van der Waals surface area contributed by atoms with Crippen molar-refractivity contribution in [3.05, 3.63) is 0 Å². The minimum absolute atomic E-state index is 0.123. The van der Waals surface area contributed by atoms with Gasteiger partial charge in [-0.2, -0.15) is 0 Å². The second-order valence-electron chi connectivity index (χ2n) is 6.06. The minimum atomic E-state index is -0.316. The maximum absolute atomic E-state index is 11.3. The summed E-state index contributed by atoms with van der Waals surface area (Å²) < 4.78 is 26.5. The van der Waals surface area contributed by atoms with Gasteiger partial charge in [0.15, 0.2) is 12.6 Å². The lowest BCUT2D eigenvalue weighted by molar-refractivity contribution is -0.188. The molecule has 2 unspecified atom stereocenters. The Kier molecular flexibility index (Phi) is 17.9. The summed E-state index contributed by atoms with van der Waals surface area (Å²) in [6, 6.07) is 0. The Labute approximate surface area is 174 Å². The van der Waals surface area contributed by atoms with Gasteiger partial charge in [0.2, 0.25) is 0 Å². The van der Waals surface area contributed by atoms with E-state index in [1.165, 1.54) is 0 Å². The Hall–Kier alpha value is -0.110. The molecule has 162 valence electrons. The van der Waals surface area contributed by atoms with Crippen LogP contribution in [-0.4, -0.2) is 62.3 Å². The summed E-state index contributed by atoms with van der Waals surface area (Å²) in [6.45, 7) is 9.44. The zero-order valence-electron chi connectivity index (χ0n) is 17.1. The van der Waals surface area contributed by atoms with Crippen LogP contribution in [0.25, 0.3) is 0 Å². The predicted octanol–water partition coefficient (Wildman–Crippen LogP) is 4.49. The van der Waals surface area contributed by atoms with E-state index in [4.69, 9.17) is 46.9 Å². The first-order chi connectivity index (χ1) is 13.0. The monoisotopic (exact) mass is 430 g/mol. The van der Waals surface area contributed by atoms with E-state index in [0.717, 1.165) is 32.3 Å². The first-order valence-electron chi connectivity index (χ1n) is 9.82. The Bertz CT molecular complexity index is 349. The molecule has 1 fully saturated rings. The first-order valence-corrected chi connectivity index (χ1v) is 10.9. The standard InChI is InChI=1S/C11H19ClO4.C8H17ClO2/c1-2-14-10(13)7-9(8-12)16-11-5-3-4-6-15-11;1-4-8(6-9)11-7(3)10-5-2/h9,11H,2-8H2,1H3;7-8H,4-6H2,1-3H3/t9-,11?;7?,8-/m00/s1. The van der Waals surface area contributed by atoms with Crippen molar-refractivity contribution in [3.63, 3.8) is 0 Å². The largest absolute Gasteiger partial charge is 0.466 e. The molecule has 0 radical (unpaired) electrons. The van der Waals surface area contributed by atoms with E-state index >= 15 is 0 Å². The third-order valence-corrected chi connectivity index (χ3v) is 4.46. The van der Waals surface area contributed by atoms with Crippen LogP contribution < -0.4 is 0 Å². The zero-order valence-corrected chi connectivity index (χ0v) is 18.6. The van der Waals surface area contributed by atoms with Gasteiger partial charge in [-0.15, -0.1) is 23.2 Å². The van der Waals surface area contributed by atoms with Gasteiger partial charge < -0.3 is 23.7 Å². The molecule has 1 rings (SSSR count). The Morgan fingerprint density at radius 2 is 1.81 bits per heavy atom. The van der Waals surface area contributed by atoms with E-state index in [0.29, 0.717) is 19.1 Å². The van der Waals surface area contributed by atoms with E-state index < -0.39 is 0 Å². The molecule has 27 heavy (non-hydrogen) atoms. The average Bonchev–Trinajstić information content (AvgIpc) is 2.67. The number of hydrogen-bond acceptors (Lipinski definition) is 6. The topological polar surface area (TPSA) is 63.2 Å². The van der Waals surface area contributed by atoms with E-state index in [2.05, 4.69) is 0 Å². The molecule has 0 aromatic rings. The van der Waals surface area contributed by atoms with Crippen LogP contribution in [0.5, 0.6) is 0 Å². The fraction of sp³-hybridized carbons (Fsp3) is 0.947. The molecule has 0 saturated carbocycles. The molecule has 0 aromatic heterocycles. The maximum Gasteiger partial charge on any atom is 0.308 e. The Balaban J connectivity index is 0.000000541. The molecule has 6 nitrogen and oxygen atoms in total. The molecule has 1 aliphatic rings. The number of alkyl halides is 2. The lowest BCUT2D eigenvalue weighted by atomic mass is 10.2. The smallest absolute Gasteiger partial charge is 0.308 e. The van der Waals surface area contributed by atoms with E-state index in [1.807, 2.05) is 20.8 Å². The van der Waals surface area contributed by atoms with Crippen LogP contribution in [0, 0.1) is 0 Å². The van der Waals surface area contributed by atoms with E-state index in [1.54, 1.807) is 6.92 Å². The van der Waals surface area contributed by atoms with Crippen LogP contribution in [0.4, 0.5) is 0 Å². The number of ether oxygens (including phenoxy) is 5. The normalized spacial score (nSPS) is 20.1. The Morgan fingerprint density at radius 1 is 1.11 bits per heavy atom. The van der Waals surface area contributed by atoms with Gasteiger partial charge in [-0.25, -0.2) is 0 Å². The third-order valence-electron chi connectivity index (χ3n) is 3.77. The average molecular weight is 431 g/mol. The molecule has 4 atom stereocenters. The summed E-state index contributed by atoms with van der Waals surface area (Å²) >= 11 is 11.4. The van der Waals surface area contributed by atoms with Gasteiger partial charge in [0.25, 0.3) is 0 Å². The summed E-state index contributed by atoms with van der Waals surface area (Å²) in [5.41, 5.74) is 0. The molecule has 1 heterocycles.